The third kappa shape index (κ3) is 4.08. The fourth-order valence-electron chi connectivity index (χ4n) is 2.21. The van der Waals surface area contributed by atoms with Crippen LogP contribution in [0.1, 0.15) is 30.2 Å². The molecule has 0 unspecified atom stereocenters. The number of nitrogens with one attached hydrogen (secondary N) is 1. The fraction of sp³-hybridized carbons (Fsp3) is 0.471. The molecule has 1 heterocycles. The van der Waals surface area contributed by atoms with E-state index in [4.69, 9.17) is 4.74 Å². The predicted octanol–water partition coefficient (Wildman–Crippen LogP) is 3.64. The van der Waals surface area contributed by atoms with Crippen molar-refractivity contribution in [2.24, 2.45) is 0 Å². The maximum atomic E-state index is 5.35. The smallest absolute Gasteiger partial charge is 0.207 e. The molecule has 1 aromatic carbocycles. The predicted molar refractivity (Wildman–Crippen MR) is 87.4 cm³/mol. The Hall–Kier alpha value is -1.81. The second kappa shape index (κ2) is 7.27. The van der Waals surface area contributed by atoms with Gasteiger partial charge < -0.3 is 10.1 Å². The summed E-state index contributed by atoms with van der Waals surface area (Å²) in [6.07, 6.45) is 3.04. The third-order valence-electron chi connectivity index (χ3n) is 3.55. The maximum absolute atomic E-state index is 5.35. The van der Waals surface area contributed by atoms with Crippen molar-refractivity contribution >= 4 is 5.95 Å². The van der Waals surface area contributed by atoms with Gasteiger partial charge in [-0.25, -0.2) is 4.98 Å². The fourth-order valence-corrected chi connectivity index (χ4v) is 2.21. The highest BCUT2D eigenvalue weighted by molar-refractivity contribution is 5.46. The van der Waals surface area contributed by atoms with E-state index in [9.17, 15) is 0 Å². The molecule has 0 bridgehead atoms. The molecule has 0 radical (unpaired) electrons. The lowest BCUT2D eigenvalue weighted by Crippen LogP contribution is -2.10. The van der Waals surface area contributed by atoms with Crippen molar-refractivity contribution in [1.82, 2.24) is 9.55 Å². The summed E-state index contributed by atoms with van der Waals surface area (Å²) in [5.41, 5.74) is 4.76. The van der Waals surface area contributed by atoms with Crippen LogP contribution in [0.25, 0.3) is 5.69 Å². The number of ether oxygens (including phenoxy) is 1. The summed E-state index contributed by atoms with van der Waals surface area (Å²) in [6, 6.07) is 6.48. The molecule has 0 atom stereocenters. The quantitative estimate of drug-likeness (QED) is 0.790. The van der Waals surface area contributed by atoms with Crippen LogP contribution in [0.15, 0.2) is 24.4 Å². The number of rotatable bonds is 7. The van der Waals surface area contributed by atoms with Crippen LogP contribution < -0.4 is 5.32 Å². The standard InChI is InChI=1S/C17H25N3O/c1-5-21-10-6-9-18-17-19-15(4)12-20(17)16-8-7-13(2)14(3)11-16/h7-8,11-12H,5-6,9-10H2,1-4H3,(H,18,19). The lowest BCUT2D eigenvalue weighted by molar-refractivity contribution is 0.147. The highest BCUT2D eigenvalue weighted by Crippen LogP contribution is 2.19. The summed E-state index contributed by atoms with van der Waals surface area (Å²) in [7, 11) is 0. The molecule has 4 nitrogen and oxygen atoms in total. The molecule has 0 aliphatic heterocycles. The molecule has 0 saturated carbocycles. The molecule has 0 aliphatic carbocycles. The Morgan fingerprint density at radius 3 is 2.71 bits per heavy atom. The van der Waals surface area contributed by atoms with Crippen molar-refractivity contribution in [1.29, 1.82) is 0 Å². The topological polar surface area (TPSA) is 39.1 Å². The van der Waals surface area contributed by atoms with Crippen LogP contribution in [-0.2, 0) is 4.74 Å². The summed E-state index contributed by atoms with van der Waals surface area (Å²) < 4.78 is 7.47. The van der Waals surface area contributed by atoms with Crippen molar-refractivity contribution in [3.05, 3.63) is 41.2 Å². The average molecular weight is 287 g/mol. The summed E-state index contributed by atoms with van der Waals surface area (Å²) in [5, 5.41) is 3.40. The Kier molecular flexibility index (Phi) is 5.39. The molecular weight excluding hydrogens is 262 g/mol. The summed E-state index contributed by atoms with van der Waals surface area (Å²) >= 11 is 0. The minimum Gasteiger partial charge on any atom is -0.382 e. The first-order valence-corrected chi connectivity index (χ1v) is 7.57. The van der Waals surface area contributed by atoms with Gasteiger partial charge in [0.15, 0.2) is 0 Å². The van der Waals surface area contributed by atoms with E-state index in [-0.39, 0.29) is 0 Å². The van der Waals surface area contributed by atoms with E-state index in [0.29, 0.717) is 0 Å². The van der Waals surface area contributed by atoms with E-state index in [1.165, 1.54) is 11.1 Å². The molecule has 1 N–H and O–H groups in total. The number of aromatic nitrogens is 2. The molecule has 0 spiro atoms. The van der Waals surface area contributed by atoms with Gasteiger partial charge in [0.25, 0.3) is 0 Å². The molecule has 21 heavy (non-hydrogen) atoms. The summed E-state index contributed by atoms with van der Waals surface area (Å²) in [4.78, 5) is 4.57. The number of nitrogens with zero attached hydrogens (tertiary/aromatic N) is 2. The third-order valence-corrected chi connectivity index (χ3v) is 3.55. The summed E-state index contributed by atoms with van der Waals surface area (Å²) in [6.45, 7) is 10.7. The largest absolute Gasteiger partial charge is 0.382 e. The minimum atomic E-state index is 0.774. The van der Waals surface area contributed by atoms with E-state index in [1.807, 2.05) is 13.8 Å². The van der Waals surface area contributed by atoms with E-state index in [2.05, 4.69) is 53.1 Å². The van der Waals surface area contributed by atoms with Crippen molar-refractivity contribution in [3.63, 3.8) is 0 Å². The average Bonchev–Trinajstić information content (AvgIpc) is 2.83. The van der Waals surface area contributed by atoms with Crippen LogP contribution in [0.3, 0.4) is 0 Å². The van der Waals surface area contributed by atoms with Crippen LogP contribution >= 0.6 is 0 Å². The Morgan fingerprint density at radius 1 is 1.19 bits per heavy atom. The lowest BCUT2D eigenvalue weighted by Gasteiger charge is -2.11. The first-order valence-electron chi connectivity index (χ1n) is 7.57. The molecule has 2 rings (SSSR count). The maximum Gasteiger partial charge on any atom is 0.207 e. The van der Waals surface area contributed by atoms with Gasteiger partial charge in [0.1, 0.15) is 0 Å². The Morgan fingerprint density at radius 2 is 2.00 bits per heavy atom. The van der Waals surface area contributed by atoms with Gasteiger partial charge in [-0.15, -0.1) is 0 Å². The second-order valence-corrected chi connectivity index (χ2v) is 5.32. The van der Waals surface area contributed by atoms with Crippen LogP contribution in [0.2, 0.25) is 0 Å². The molecule has 2 aromatic rings. The molecule has 4 heteroatoms. The van der Waals surface area contributed by atoms with Crippen LogP contribution in [-0.4, -0.2) is 29.3 Å². The zero-order valence-corrected chi connectivity index (χ0v) is 13.4. The SMILES string of the molecule is CCOCCCNc1nc(C)cn1-c1ccc(C)c(C)c1. The monoisotopic (exact) mass is 287 g/mol. The van der Waals surface area contributed by atoms with Gasteiger partial charge in [0, 0.05) is 31.6 Å². The zero-order valence-electron chi connectivity index (χ0n) is 13.4. The molecule has 0 aliphatic rings. The van der Waals surface area contributed by atoms with E-state index in [0.717, 1.165) is 43.5 Å². The molecule has 114 valence electrons. The normalized spacial score (nSPS) is 10.9. The van der Waals surface area contributed by atoms with Gasteiger partial charge in [-0.05, 0) is 57.4 Å². The first-order chi connectivity index (χ1) is 10.1. The van der Waals surface area contributed by atoms with Crippen LogP contribution in [0, 0.1) is 20.8 Å². The number of aryl methyl sites for hydroxylation is 3. The first kappa shape index (κ1) is 15.6. The molecule has 0 fully saturated rings. The highest BCUT2D eigenvalue weighted by Gasteiger charge is 2.07. The van der Waals surface area contributed by atoms with Gasteiger partial charge in [-0.1, -0.05) is 6.07 Å². The van der Waals surface area contributed by atoms with Gasteiger partial charge in [0.2, 0.25) is 5.95 Å². The number of anilines is 1. The molecular formula is C17H25N3O. The number of hydrogen-bond donors (Lipinski definition) is 1. The van der Waals surface area contributed by atoms with Crippen molar-refractivity contribution in [2.45, 2.75) is 34.1 Å². The number of imidazole rings is 1. The number of hydrogen-bond acceptors (Lipinski definition) is 3. The van der Waals surface area contributed by atoms with E-state index < -0.39 is 0 Å². The Balaban J connectivity index is 2.10. The highest BCUT2D eigenvalue weighted by atomic mass is 16.5. The van der Waals surface area contributed by atoms with Crippen LogP contribution in [0.5, 0.6) is 0 Å². The molecule has 0 saturated heterocycles. The van der Waals surface area contributed by atoms with Crippen molar-refractivity contribution in [3.8, 4) is 5.69 Å². The van der Waals surface area contributed by atoms with E-state index >= 15 is 0 Å². The van der Waals surface area contributed by atoms with Crippen molar-refractivity contribution in [2.75, 3.05) is 25.1 Å². The molecule has 1 aromatic heterocycles. The van der Waals surface area contributed by atoms with Crippen LogP contribution in [0.4, 0.5) is 5.95 Å². The summed E-state index contributed by atoms with van der Waals surface area (Å²) in [5.74, 6) is 0.896. The minimum absolute atomic E-state index is 0.774. The van der Waals surface area contributed by atoms with Gasteiger partial charge in [-0.3, -0.25) is 4.57 Å². The Bertz CT molecular complexity index is 590. The van der Waals surface area contributed by atoms with Gasteiger partial charge >= 0.3 is 0 Å². The number of benzene rings is 1. The van der Waals surface area contributed by atoms with Gasteiger partial charge in [-0.2, -0.15) is 0 Å². The lowest BCUT2D eigenvalue weighted by atomic mass is 10.1. The van der Waals surface area contributed by atoms with Crippen molar-refractivity contribution < 1.29 is 4.74 Å². The Labute approximate surface area is 127 Å². The van der Waals surface area contributed by atoms with Gasteiger partial charge in [0.05, 0.1) is 5.69 Å². The van der Waals surface area contributed by atoms with E-state index in [1.54, 1.807) is 0 Å². The second-order valence-electron chi connectivity index (χ2n) is 5.32. The zero-order chi connectivity index (χ0) is 15.2. The molecule has 0 amide bonds.